The van der Waals surface area contributed by atoms with E-state index in [4.69, 9.17) is 14.6 Å². The van der Waals surface area contributed by atoms with Gasteiger partial charge in [0.25, 0.3) is 5.91 Å². The molecule has 0 aliphatic carbocycles. The second kappa shape index (κ2) is 12.5. The van der Waals surface area contributed by atoms with Crippen LogP contribution in [-0.2, 0) is 4.79 Å². The summed E-state index contributed by atoms with van der Waals surface area (Å²) in [7, 11) is 1.46. The highest BCUT2D eigenvalue weighted by atomic mass is 127. The number of thiazole rings is 1. The first-order valence-corrected chi connectivity index (χ1v) is 13.2. The largest absolute Gasteiger partial charge is 0.493 e. The number of aromatic nitrogens is 1. The lowest BCUT2D eigenvalue weighted by atomic mass is 10.1. The average Bonchev–Trinajstić information content (AvgIpc) is 3.37. The number of carboxylic acid groups (broad SMARTS) is 1. The molecule has 3 N–H and O–H groups in total. The van der Waals surface area contributed by atoms with Gasteiger partial charge in [0.1, 0.15) is 0 Å². The van der Waals surface area contributed by atoms with Gasteiger partial charge in [-0.2, -0.15) is 5.10 Å². The summed E-state index contributed by atoms with van der Waals surface area (Å²) in [5.74, 6) is -0.762. The lowest BCUT2D eigenvalue weighted by Crippen LogP contribution is -2.17. The van der Waals surface area contributed by atoms with E-state index in [1.54, 1.807) is 24.3 Å². The van der Waals surface area contributed by atoms with Crippen molar-refractivity contribution in [2.45, 2.75) is 6.92 Å². The summed E-state index contributed by atoms with van der Waals surface area (Å²) in [6.45, 7) is 1.56. The molecule has 0 unspecified atom stereocenters. The molecule has 0 aliphatic rings. The number of benzene rings is 3. The topological polar surface area (TPSA) is 122 Å². The van der Waals surface area contributed by atoms with Crippen LogP contribution >= 0.6 is 33.9 Å². The van der Waals surface area contributed by atoms with Crippen LogP contribution in [0.25, 0.3) is 11.3 Å². The molecule has 0 radical (unpaired) electrons. The number of halogens is 1. The summed E-state index contributed by atoms with van der Waals surface area (Å²) in [5, 5.41) is 18.9. The van der Waals surface area contributed by atoms with E-state index < -0.39 is 12.6 Å². The Morgan fingerprint density at radius 3 is 2.55 bits per heavy atom. The molecular formula is C27H23IN4O5S. The van der Waals surface area contributed by atoms with Gasteiger partial charge in [-0.3, -0.25) is 4.79 Å². The number of rotatable bonds is 10. The van der Waals surface area contributed by atoms with Crippen LogP contribution in [0.3, 0.4) is 0 Å². The van der Waals surface area contributed by atoms with E-state index in [1.807, 2.05) is 71.3 Å². The van der Waals surface area contributed by atoms with Crippen LogP contribution in [-0.4, -0.2) is 41.9 Å². The van der Waals surface area contributed by atoms with Crippen LogP contribution in [0.1, 0.15) is 21.5 Å². The number of hydrogen-bond acceptors (Lipinski definition) is 8. The number of methoxy groups -OCH3 is 1. The highest BCUT2D eigenvalue weighted by Gasteiger charge is 2.13. The van der Waals surface area contributed by atoms with E-state index in [0.717, 1.165) is 22.1 Å². The van der Waals surface area contributed by atoms with Gasteiger partial charge in [-0.05, 0) is 71.5 Å². The van der Waals surface area contributed by atoms with Gasteiger partial charge in [0.05, 0.1) is 22.6 Å². The highest BCUT2D eigenvalue weighted by molar-refractivity contribution is 14.1. The number of carbonyl (C=O) groups excluding carboxylic acids is 1. The Bertz CT molecular complexity index is 1470. The number of nitrogens with zero attached hydrogens (tertiary/aromatic N) is 2. The molecular weight excluding hydrogens is 619 g/mol. The lowest BCUT2D eigenvalue weighted by Gasteiger charge is -2.12. The zero-order valence-electron chi connectivity index (χ0n) is 20.4. The van der Waals surface area contributed by atoms with Gasteiger partial charge in [0.15, 0.2) is 23.2 Å². The Morgan fingerprint density at radius 1 is 1.13 bits per heavy atom. The summed E-state index contributed by atoms with van der Waals surface area (Å²) in [6.07, 6.45) is 1.47. The fourth-order valence-corrected chi connectivity index (χ4v) is 4.86. The third kappa shape index (κ3) is 7.07. The molecule has 1 heterocycles. The molecule has 11 heteroatoms. The van der Waals surface area contributed by atoms with Gasteiger partial charge in [-0.1, -0.05) is 29.8 Å². The molecule has 0 atom stereocenters. The fourth-order valence-electron chi connectivity index (χ4n) is 3.33. The molecule has 3 aromatic carbocycles. The zero-order chi connectivity index (χ0) is 27.1. The Morgan fingerprint density at radius 2 is 1.87 bits per heavy atom. The molecule has 1 aromatic heterocycles. The minimum Gasteiger partial charge on any atom is -0.493 e. The van der Waals surface area contributed by atoms with Crippen molar-refractivity contribution in [2.24, 2.45) is 5.10 Å². The van der Waals surface area contributed by atoms with Crippen molar-refractivity contribution < 1.29 is 24.2 Å². The molecule has 0 aliphatic heterocycles. The van der Waals surface area contributed by atoms with E-state index >= 15 is 0 Å². The molecule has 1 amide bonds. The minimum absolute atomic E-state index is 0.329. The van der Waals surface area contributed by atoms with Crippen molar-refractivity contribution in [3.63, 3.8) is 0 Å². The number of aliphatic carboxylic acids is 1. The number of aryl methyl sites for hydroxylation is 1. The van der Waals surface area contributed by atoms with Crippen molar-refractivity contribution in [3.05, 3.63) is 86.3 Å². The second-order valence-electron chi connectivity index (χ2n) is 8.02. The number of ether oxygens (including phenoxy) is 2. The summed E-state index contributed by atoms with van der Waals surface area (Å²) in [5.41, 5.74) is 7.47. The van der Waals surface area contributed by atoms with Crippen molar-refractivity contribution in [1.29, 1.82) is 0 Å². The van der Waals surface area contributed by atoms with Gasteiger partial charge in [-0.15, -0.1) is 11.3 Å². The molecule has 4 rings (SSSR count). The minimum atomic E-state index is -1.09. The molecule has 0 fully saturated rings. The Labute approximate surface area is 236 Å². The summed E-state index contributed by atoms with van der Waals surface area (Å²) in [6, 6.07) is 18.6. The standard InChI is InChI=1S/C27H23IN4O5S/c1-16-3-9-20(10-4-16)30-27-31-22(15-38-27)18-5-7-19(8-6-18)26(35)32-29-13-17-11-21(28)25(23(12-17)36-2)37-14-24(33)34/h3-13,15H,14H2,1-2H3,(H,30,31)(H,32,35)(H,33,34)/b29-13-. The molecule has 0 saturated heterocycles. The van der Waals surface area contributed by atoms with E-state index in [-0.39, 0.29) is 5.91 Å². The monoisotopic (exact) mass is 642 g/mol. The molecule has 9 nitrogen and oxygen atoms in total. The molecule has 0 saturated carbocycles. The molecule has 0 spiro atoms. The maximum atomic E-state index is 12.6. The number of carboxylic acids is 1. The van der Waals surface area contributed by atoms with Crippen molar-refractivity contribution in [2.75, 3.05) is 19.0 Å². The van der Waals surface area contributed by atoms with Crippen molar-refractivity contribution >= 4 is 62.8 Å². The number of amides is 1. The third-order valence-electron chi connectivity index (χ3n) is 5.22. The average molecular weight is 642 g/mol. The lowest BCUT2D eigenvalue weighted by molar-refractivity contribution is -0.139. The van der Waals surface area contributed by atoms with E-state index in [2.05, 4.69) is 20.8 Å². The van der Waals surface area contributed by atoms with Gasteiger partial charge in [0, 0.05) is 22.2 Å². The van der Waals surface area contributed by atoms with Gasteiger partial charge >= 0.3 is 5.97 Å². The Kier molecular flexibility index (Phi) is 8.92. The molecule has 38 heavy (non-hydrogen) atoms. The molecule has 194 valence electrons. The van der Waals surface area contributed by atoms with Crippen LogP contribution in [0.5, 0.6) is 11.5 Å². The van der Waals surface area contributed by atoms with Crippen LogP contribution in [0.15, 0.2) is 71.1 Å². The number of nitrogens with one attached hydrogen (secondary N) is 2. The maximum Gasteiger partial charge on any atom is 0.341 e. The first-order chi connectivity index (χ1) is 18.3. The maximum absolute atomic E-state index is 12.6. The van der Waals surface area contributed by atoms with Gasteiger partial charge < -0.3 is 19.9 Å². The van der Waals surface area contributed by atoms with Crippen molar-refractivity contribution in [1.82, 2.24) is 10.4 Å². The highest BCUT2D eigenvalue weighted by Crippen LogP contribution is 2.33. The van der Waals surface area contributed by atoms with E-state index in [9.17, 15) is 9.59 Å². The van der Waals surface area contributed by atoms with Crippen LogP contribution < -0.4 is 20.2 Å². The number of hydrazone groups is 1. The summed E-state index contributed by atoms with van der Waals surface area (Å²) >= 11 is 3.52. The number of anilines is 2. The van der Waals surface area contributed by atoms with Crippen LogP contribution in [0.2, 0.25) is 0 Å². The number of hydrogen-bond donors (Lipinski definition) is 3. The summed E-state index contributed by atoms with van der Waals surface area (Å²) in [4.78, 5) is 28.0. The van der Waals surface area contributed by atoms with Crippen LogP contribution in [0.4, 0.5) is 10.8 Å². The predicted octanol–water partition coefficient (Wildman–Crippen LogP) is 5.70. The first kappa shape index (κ1) is 27.1. The van der Waals surface area contributed by atoms with Crippen LogP contribution in [0, 0.1) is 10.5 Å². The summed E-state index contributed by atoms with van der Waals surface area (Å²) < 4.78 is 11.2. The first-order valence-electron chi connectivity index (χ1n) is 11.3. The quantitative estimate of drug-likeness (QED) is 0.115. The predicted molar refractivity (Wildman–Crippen MR) is 156 cm³/mol. The Balaban J connectivity index is 1.37. The zero-order valence-corrected chi connectivity index (χ0v) is 23.4. The SMILES string of the molecule is COc1cc(/C=N\NC(=O)c2ccc(-c3csc(Nc4ccc(C)cc4)n3)cc2)cc(I)c1OCC(=O)O. The molecule has 4 aromatic rings. The Hall–Kier alpha value is -3.97. The number of carbonyl (C=O) groups is 2. The third-order valence-corrected chi connectivity index (χ3v) is 6.78. The fraction of sp³-hybridized carbons (Fsp3) is 0.111. The van der Waals surface area contributed by atoms with Crippen molar-refractivity contribution in [3.8, 4) is 22.8 Å². The van der Waals surface area contributed by atoms with E-state index in [0.29, 0.717) is 26.2 Å². The molecule has 0 bridgehead atoms. The van der Waals surface area contributed by atoms with E-state index in [1.165, 1.54) is 30.2 Å². The van der Waals surface area contributed by atoms with Gasteiger partial charge in [-0.25, -0.2) is 15.2 Å². The second-order valence-corrected chi connectivity index (χ2v) is 10.0. The smallest absolute Gasteiger partial charge is 0.341 e. The van der Waals surface area contributed by atoms with Gasteiger partial charge in [0.2, 0.25) is 0 Å². The normalized spacial score (nSPS) is 10.8.